The smallest absolute Gasteiger partial charge is 0.335 e. The van der Waals surface area contributed by atoms with E-state index in [1.54, 1.807) is 36.4 Å². The van der Waals surface area contributed by atoms with Gasteiger partial charge in [0.1, 0.15) is 6.29 Å². The molecule has 0 aliphatic heterocycles. The van der Waals surface area contributed by atoms with Crippen LogP contribution in [-0.4, -0.2) is 17.4 Å². The number of carbonyl (C=O) groups is 2. The van der Waals surface area contributed by atoms with Crippen LogP contribution in [0.3, 0.4) is 0 Å². The van der Waals surface area contributed by atoms with Crippen LogP contribution in [0.4, 0.5) is 11.4 Å². The molecule has 0 heterocycles. The molecule has 94 valence electrons. The van der Waals surface area contributed by atoms with Crippen molar-refractivity contribution in [3.63, 3.8) is 0 Å². The molecule has 5 heteroatoms. The Bertz CT molecular complexity index is 616. The van der Waals surface area contributed by atoms with Crippen molar-refractivity contribution in [3.05, 3.63) is 59.7 Å². The number of aromatic carboxylic acids is 1. The van der Waals surface area contributed by atoms with E-state index in [-0.39, 0.29) is 5.56 Å². The van der Waals surface area contributed by atoms with Crippen LogP contribution in [0.2, 0.25) is 0 Å². The molecule has 2 aromatic rings. The van der Waals surface area contributed by atoms with Crippen molar-refractivity contribution in [2.24, 2.45) is 10.2 Å². The molecule has 0 fully saturated rings. The average Bonchev–Trinajstić information content (AvgIpc) is 2.46. The maximum atomic E-state index is 10.7. The first-order valence-electron chi connectivity index (χ1n) is 5.49. The van der Waals surface area contributed by atoms with Crippen molar-refractivity contribution >= 4 is 23.6 Å². The van der Waals surface area contributed by atoms with E-state index >= 15 is 0 Å². The predicted octanol–water partition coefficient (Wildman–Crippen LogP) is 3.61. The van der Waals surface area contributed by atoms with Crippen LogP contribution in [-0.2, 0) is 0 Å². The van der Waals surface area contributed by atoms with E-state index < -0.39 is 5.97 Å². The summed E-state index contributed by atoms with van der Waals surface area (Å²) in [6.07, 6.45) is 0.756. The molecule has 2 aromatic carbocycles. The van der Waals surface area contributed by atoms with Crippen LogP contribution in [0, 0.1) is 0 Å². The molecule has 0 unspecified atom stereocenters. The quantitative estimate of drug-likeness (QED) is 0.668. The molecule has 0 saturated heterocycles. The summed E-state index contributed by atoms with van der Waals surface area (Å²) in [4.78, 5) is 21.2. The zero-order valence-corrected chi connectivity index (χ0v) is 9.85. The number of rotatable bonds is 4. The van der Waals surface area contributed by atoms with E-state index in [1.165, 1.54) is 12.1 Å². The monoisotopic (exact) mass is 254 g/mol. The fourth-order valence-corrected chi connectivity index (χ4v) is 1.41. The molecule has 0 amide bonds. The van der Waals surface area contributed by atoms with Gasteiger partial charge in [-0.2, -0.15) is 10.2 Å². The van der Waals surface area contributed by atoms with Gasteiger partial charge in [0.15, 0.2) is 0 Å². The van der Waals surface area contributed by atoms with Gasteiger partial charge in [-0.3, -0.25) is 4.79 Å². The Kier molecular flexibility index (Phi) is 3.78. The number of hydrogen-bond donors (Lipinski definition) is 1. The van der Waals surface area contributed by atoms with Crippen molar-refractivity contribution in [2.75, 3.05) is 0 Å². The topological polar surface area (TPSA) is 79.1 Å². The number of azo groups is 1. The van der Waals surface area contributed by atoms with E-state index in [0.717, 1.165) is 6.29 Å². The lowest BCUT2D eigenvalue weighted by molar-refractivity contribution is 0.0696. The average molecular weight is 254 g/mol. The lowest BCUT2D eigenvalue weighted by Gasteiger charge is -1.95. The molecule has 0 bridgehead atoms. The van der Waals surface area contributed by atoms with Crippen molar-refractivity contribution in [1.82, 2.24) is 0 Å². The van der Waals surface area contributed by atoms with Crippen LogP contribution < -0.4 is 0 Å². The fourth-order valence-electron chi connectivity index (χ4n) is 1.41. The zero-order chi connectivity index (χ0) is 13.7. The van der Waals surface area contributed by atoms with Crippen LogP contribution in [0.5, 0.6) is 0 Å². The van der Waals surface area contributed by atoms with E-state index in [2.05, 4.69) is 10.2 Å². The van der Waals surface area contributed by atoms with Crippen LogP contribution in [0.25, 0.3) is 0 Å². The third kappa shape index (κ3) is 3.32. The molecule has 0 spiro atoms. The Balaban J connectivity index is 2.12. The Morgan fingerprint density at radius 3 is 1.79 bits per heavy atom. The van der Waals surface area contributed by atoms with Gasteiger partial charge in [0, 0.05) is 5.56 Å². The lowest BCUT2D eigenvalue weighted by atomic mass is 10.2. The second kappa shape index (κ2) is 5.68. The van der Waals surface area contributed by atoms with Crippen LogP contribution >= 0.6 is 0 Å². The van der Waals surface area contributed by atoms with E-state index in [4.69, 9.17) is 5.11 Å². The van der Waals surface area contributed by atoms with E-state index in [9.17, 15) is 9.59 Å². The van der Waals surface area contributed by atoms with Gasteiger partial charge in [-0.05, 0) is 48.5 Å². The van der Waals surface area contributed by atoms with Crippen LogP contribution in [0.15, 0.2) is 58.8 Å². The number of carboxylic acids is 1. The van der Waals surface area contributed by atoms with E-state index in [0.29, 0.717) is 16.9 Å². The highest BCUT2D eigenvalue weighted by molar-refractivity contribution is 5.87. The number of aldehydes is 1. The molecule has 2 rings (SSSR count). The van der Waals surface area contributed by atoms with Gasteiger partial charge in [0.05, 0.1) is 16.9 Å². The molecule has 0 aliphatic carbocycles. The predicted molar refractivity (Wildman–Crippen MR) is 69.4 cm³/mol. The molecule has 0 atom stereocenters. The number of nitrogens with zero attached hydrogens (tertiary/aromatic N) is 2. The normalized spacial score (nSPS) is 10.5. The minimum absolute atomic E-state index is 0.203. The fraction of sp³-hybridized carbons (Fsp3) is 0. The highest BCUT2D eigenvalue weighted by atomic mass is 16.4. The van der Waals surface area contributed by atoms with Gasteiger partial charge in [0.2, 0.25) is 0 Å². The Morgan fingerprint density at radius 2 is 1.37 bits per heavy atom. The molecule has 0 radical (unpaired) electrons. The Hall–Kier alpha value is -2.82. The van der Waals surface area contributed by atoms with Gasteiger partial charge in [-0.1, -0.05) is 0 Å². The minimum Gasteiger partial charge on any atom is -0.478 e. The van der Waals surface area contributed by atoms with Crippen molar-refractivity contribution < 1.29 is 14.7 Å². The van der Waals surface area contributed by atoms with Crippen LogP contribution in [0.1, 0.15) is 20.7 Å². The summed E-state index contributed by atoms with van der Waals surface area (Å²) in [6.45, 7) is 0. The summed E-state index contributed by atoms with van der Waals surface area (Å²) < 4.78 is 0. The summed E-state index contributed by atoms with van der Waals surface area (Å²) >= 11 is 0. The molecule has 0 aromatic heterocycles. The third-order valence-corrected chi connectivity index (χ3v) is 2.42. The van der Waals surface area contributed by atoms with Gasteiger partial charge in [-0.25, -0.2) is 4.79 Å². The SMILES string of the molecule is O=Cc1ccc(N=Nc2ccc(C(=O)O)cc2)cc1. The highest BCUT2D eigenvalue weighted by Gasteiger charge is 2.00. The summed E-state index contributed by atoms with van der Waals surface area (Å²) in [5, 5.41) is 16.7. The van der Waals surface area contributed by atoms with Crippen molar-refractivity contribution in [3.8, 4) is 0 Å². The summed E-state index contributed by atoms with van der Waals surface area (Å²) in [5.74, 6) is -0.979. The molecule has 0 aliphatic rings. The first kappa shape index (κ1) is 12.6. The Labute approximate surface area is 109 Å². The standard InChI is InChI=1S/C14H10N2O3/c17-9-10-1-5-12(6-2-10)15-16-13-7-3-11(4-8-13)14(18)19/h1-9H,(H,18,19). The maximum Gasteiger partial charge on any atom is 0.335 e. The molecule has 5 nitrogen and oxygen atoms in total. The van der Waals surface area contributed by atoms with Gasteiger partial charge in [-0.15, -0.1) is 0 Å². The minimum atomic E-state index is -0.979. The first-order valence-corrected chi connectivity index (χ1v) is 5.49. The molecular weight excluding hydrogens is 244 g/mol. The molecule has 1 N–H and O–H groups in total. The summed E-state index contributed by atoms with van der Waals surface area (Å²) in [5.41, 5.74) is 1.96. The third-order valence-electron chi connectivity index (χ3n) is 2.42. The number of benzene rings is 2. The second-order valence-electron chi connectivity index (χ2n) is 3.76. The zero-order valence-electron chi connectivity index (χ0n) is 9.85. The van der Waals surface area contributed by atoms with Crippen molar-refractivity contribution in [1.29, 1.82) is 0 Å². The van der Waals surface area contributed by atoms with Gasteiger partial charge >= 0.3 is 5.97 Å². The van der Waals surface area contributed by atoms with E-state index in [1.807, 2.05) is 0 Å². The highest BCUT2D eigenvalue weighted by Crippen LogP contribution is 2.18. The Morgan fingerprint density at radius 1 is 0.895 bits per heavy atom. The summed E-state index contributed by atoms with van der Waals surface area (Å²) in [7, 11) is 0. The lowest BCUT2D eigenvalue weighted by Crippen LogP contribution is -1.93. The van der Waals surface area contributed by atoms with Gasteiger partial charge < -0.3 is 5.11 Å². The molecule has 0 saturated carbocycles. The first-order chi connectivity index (χ1) is 9.19. The maximum absolute atomic E-state index is 10.7. The number of carbonyl (C=O) groups excluding carboxylic acids is 1. The number of hydrogen-bond acceptors (Lipinski definition) is 4. The number of carboxylic acid groups (broad SMARTS) is 1. The molecular formula is C14H10N2O3. The summed E-state index contributed by atoms with van der Waals surface area (Å²) in [6, 6.07) is 12.7. The second-order valence-corrected chi connectivity index (χ2v) is 3.76. The van der Waals surface area contributed by atoms with Crippen molar-refractivity contribution in [2.45, 2.75) is 0 Å². The van der Waals surface area contributed by atoms with Gasteiger partial charge in [0.25, 0.3) is 0 Å². The largest absolute Gasteiger partial charge is 0.478 e. The molecule has 19 heavy (non-hydrogen) atoms.